The number of nitrogens with one attached hydrogen (secondary N) is 4. The molecule has 2 aromatic carbocycles. The van der Waals surface area contributed by atoms with E-state index < -0.39 is 30.3 Å². The van der Waals surface area contributed by atoms with E-state index in [0.29, 0.717) is 35.5 Å². The van der Waals surface area contributed by atoms with Crippen molar-refractivity contribution in [1.29, 1.82) is 0 Å². The number of imidazole rings is 2. The minimum absolute atomic E-state index is 0.191. The number of hydrogen-bond donors (Lipinski definition) is 4. The fourth-order valence-electron chi connectivity index (χ4n) is 6.75. The van der Waals surface area contributed by atoms with Gasteiger partial charge in [0.05, 0.1) is 32.2 Å². The van der Waals surface area contributed by atoms with E-state index in [1.54, 1.807) is 36.0 Å². The van der Waals surface area contributed by atoms with Gasteiger partial charge < -0.3 is 35.0 Å². The van der Waals surface area contributed by atoms with E-state index in [9.17, 15) is 19.2 Å². The summed E-state index contributed by atoms with van der Waals surface area (Å²) in [5.74, 6) is 0.396. The van der Waals surface area contributed by atoms with Gasteiger partial charge in [0.25, 0.3) is 5.91 Å². The summed E-state index contributed by atoms with van der Waals surface area (Å²) in [5, 5.41) is 11.4. The molecule has 0 aliphatic carbocycles. The number of ether oxygens (including phenoxy) is 2. The third-order valence-electron chi connectivity index (χ3n) is 9.81. The molecule has 2 aromatic heterocycles. The standard InChI is InChI=1S/C38H44ClN9O6S/c1-20(2)30(45-38(52)54-5)36(50)48-28(15-16-41-48)34-44-31(32(39)46-34)25-13-9-23(10-14-25)22-7-11-24(12-8-22)27-18-40-33(43-27)29-17-26(55-6)19-47(29)35(49)21(3)42-37(51)53-4/h7-14,16,18,20-21,26,28-30H,15,17,19H2,1-6H3,(H,40,43)(H,42,51)(H,44,46)(H,45,52)/t21-,26-,28-,29-,30-/m0/s1. The van der Waals surface area contributed by atoms with E-state index in [1.807, 2.05) is 68.6 Å². The van der Waals surface area contributed by atoms with Crippen LogP contribution in [0.5, 0.6) is 0 Å². The molecule has 0 saturated carbocycles. The smallest absolute Gasteiger partial charge is 0.407 e. The summed E-state index contributed by atoms with van der Waals surface area (Å²) in [6.07, 6.45) is 5.27. The largest absolute Gasteiger partial charge is 0.453 e. The Labute approximate surface area is 328 Å². The van der Waals surface area contributed by atoms with E-state index in [1.165, 1.54) is 19.2 Å². The van der Waals surface area contributed by atoms with Crippen LogP contribution in [0.25, 0.3) is 33.6 Å². The number of alkyl carbamates (subject to hydrolysis) is 2. The molecule has 4 N–H and O–H groups in total. The van der Waals surface area contributed by atoms with Gasteiger partial charge in [-0.3, -0.25) is 9.59 Å². The predicted octanol–water partition coefficient (Wildman–Crippen LogP) is 6.18. The quantitative estimate of drug-likeness (QED) is 0.138. The lowest BCUT2D eigenvalue weighted by molar-refractivity contribution is -0.136. The number of amides is 4. The Bertz CT molecular complexity index is 2050. The third-order valence-corrected chi connectivity index (χ3v) is 11.1. The van der Waals surface area contributed by atoms with Crippen LogP contribution in [-0.4, -0.2) is 104 Å². The topological polar surface area (TPSA) is 187 Å². The number of carbonyl (C=O) groups excluding carboxylic acids is 4. The molecular weight excluding hydrogens is 746 g/mol. The second-order valence-electron chi connectivity index (χ2n) is 13.7. The zero-order chi connectivity index (χ0) is 39.4. The first kappa shape index (κ1) is 39.3. The maximum Gasteiger partial charge on any atom is 0.407 e. The van der Waals surface area contributed by atoms with Crippen molar-refractivity contribution in [3.63, 3.8) is 0 Å². The molecule has 2 aliphatic rings. The first-order valence-corrected chi connectivity index (χ1v) is 19.5. The van der Waals surface area contributed by atoms with Crippen LogP contribution in [0.4, 0.5) is 9.59 Å². The van der Waals surface area contributed by atoms with Gasteiger partial charge in [0.15, 0.2) is 0 Å². The molecule has 0 spiro atoms. The first-order chi connectivity index (χ1) is 26.4. The number of nitrogens with zero attached hydrogens (tertiary/aromatic N) is 5. The van der Waals surface area contributed by atoms with Crippen molar-refractivity contribution in [1.82, 2.24) is 40.5 Å². The summed E-state index contributed by atoms with van der Waals surface area (Å²) >= 11 is 8.36. The molecule has 17 heteroatoms. The zero-order valence-corrected chi connectivity index (χ0v) is 32.9. The Morgan fingerprint density at radius 1 is 0.855 bits per heavy atom. The zero-order valence-electron chi connectivity index (χ0n) is 31.3. The monoisotopic (exact) mass is 789 g/mol. The lowest BCUT2D eigenvalue weighted by atomic mass is 10.0. The van der Waals surface area contributed by atoms with Crippen LogP contribution < -0.4 is 10.6 Å². The maximum absolute atomic E-state index is 13.5. The van der Waals surface area contributed by atoms with Crippen molar-refractivity contribution in [2.45, 2.75) is 63.0 Å². The van der Waals surface area contributed by atoms with Gasteiger partial charge in [0.1, 0.15) is 40.6 Å². The summed E-state index contributed by atoms with van der Waals surface area (Å²) in [7, 11) is 2.51. The van der Waals surface area contributed by atoms with Gasteiger partial charge in [0.2, 0.25) is 5.91 Å². The minimum atomic E-state index is -0.838. The van der Waals surface area contributed by atoms with Crippen molar-refractivity contribution in [3.8, 4) is 33.6 Å². The van der Waals surface area contributed by atoms with E-state index in [2.05, 4.69) is 35.4 Å². The van der Waals surface area contributed by atoms with Crippen LogP contribution in [0.1, 0.15) is 57.3 Å². The molecule has 1 saturated heterocycles. The number of likely N-dealkylation sites (tertiary alicyclic amines) is 1. The molecule has 0 radical (unpaired) electrons. The number of hydrogen-bond acceptors (Lipinski definition) is 10. The highest BCUT2D eigenvalue weighted by molar-refractivity contribution is 7.99. The van der Waals surface area contributed by atoms with E-state index >= 15 is 0 Å². The number of rotatable bonds is 11. The minimum Gasteiger partial charge on any atom is -0.453 e. The van der Waals surface area contributed by atoms with E-state index in [0.717, 1.165) is 34.4 Å². The molecule has 15 nitrogen and oxygen atoms in total. The summed E-state index contributed by atoms with van der Waals surface area (Å²) in [6, 6.07) is 13.6. The molecular formula is C38H44ClN9O6S. The molecule has 1 fully saturated rings. The first-order valence-electron chi connectivity index (χ1n) is 17.8. The number of H-pyrrole nitrogens is 2. The SMILES string of the molecule is COC(=O)N[C@@H](C)C(=O)N1C[C@@H](SC)C[C@H]1c1ncc(-c2ccc(-c3ccc(-c4nc([C@@H]5CC=NN5C(=O)[C@@H](NC(=O)OC)C(C)C)[nH]c4Cl)cc3)cc2)[nH]1. The second-order valence-corrected chi connectivity index (χ2v) is 15.2. The Hall–Kier alpha value is -5.35. The van der Waals surface area contributed by atoms with Gasteiger partial charge in [0, 0.05) is 30.0 Å². The van der Waals surface area contributed by atoms with Gasteiger partial charge in [-0.25, -0.2) is 24.6 Å². The molecule has 5 atom stereocenters. The highest BCUT2D eigenvalue weighted by Crippen LogP contribution is 2.37. The fourth-order valence-corrected chi connectivity index (χ4v) is 7.68. The molecule has 55 heavy (non-hydrogen) atoms. The number of hydrazone groups is 1. The number of benzene rings is 2. The average Bonchev–Trinajstić information content (AvgIpc) is 4.02. The molecule has 2 aliphatic heterocycles. The van der Waals surface area contributed by atoms with Crippen molar-refractivity contribution in [2.75, 3.05) is 27.0 Å². The normalized spacial score (nSPS) is 19.0. The molecule has 4 amide bonds. The highest BCUT2D eigenvalue weighted by Gasteiger charge is 2.40. The van der Waals surface area contributed by atoms with Crippen molar-refractivity contribution < 1.29 is 28.7 Å². The third kappa shape index (κ3) is 8.49. The van der Waals surface area contributed by atoms with Crippen LogP contribution in [0, 0.1) is 5.92 Å². The van der Waals surface area contributed by atoms with Gasteiger partial charge in [-0.2, -0.15) is 16.9 Å². The van der Waals surface area contributed by atoms with Crippen LogP contribution in [0.3, 0.4) is 0 Å². The second kappa shape index (κ2) is 17.0. The number of methoxy groups -OCH3 is 2. The number of carbonyl (C=O) groups is 4. The predicted molar refractivity (Wildman–Crippen MR) is 210 cm³/mol. The molecule has 0 unspecified atom stereocenters. The lowest BCUT2D eigenvalue weighted by Gasteiger charge is -2.27. The Morgan fingerprint density at radius 2 is 1.47 bits per heavy atom. The summed E-state index contributed by atoms with van der Waals surface area (Å²) in [6.45, 7) is 5.86. The van der Waals surface area contributed by atoms with E-state index in [4.69, 9.17) is 21.3 Å². The number of aromatic amines is 2. The van der Waals surface area contributed by atoms with Crippen molar-refractivity contribution in [3.05, 3.63) is 71.5 Å². The molecule has 0 bridgehead atoms. The molecule has 4 heterocycles. The van der Waals surface area contributed by atoms with Crippen molar-refractivity contribution in [2.24, 2.45) is 11.0 Å². The highest BCUT2D eigenvalue weighted by atomic mass is 35.5. The van der Waals surface area contributed by atoms with Crippen LogP contribution in [0.2, 0.25) is 5.15 Å². The van der Waals surface area contributed by atoms with Gasteiger partial charge in [-0.15, -0.1) is 0 Å². The maximum atomic E-state index is 13.5. The van der Waals surface area contributed by atoms with Crippen molar-refractivity contribution >= 4 is 53.6 Å². The van der Waals surface area contributed by atoms with Gasteiger partial charge in [-0.1, -0.05) is 74.0 Å². The van der Waals surface area contributed by atoms with Gasteiger partial charge in [-0.05, 0) is 42.2 Å². The van der Waals surface area contributed by atoms with E-state index in [-0.39, 0.29) is 29.0 Å². The number of halogens is 1. The molecule has 6 rings (SSSR count). The molecule has 290 valence electrons. The van der Waals surface area contributed by atoms with Crippen LogP contribution in [-0.2, 0) is 19.1 Å². The summed E-state index contributed by atoms with van der Waals surface area (Å²) < 4.78 is 9.38. The van der Waals surface area contributed by atoms with Crippen LogP contribution >= 0.6 is 23.4 Å². The van der Waals surface area contributed by atoms with Crippen LogP contribution in [0.15, 0.2) is 59.8 Å². The summed E-state index contributed by atoms with van der Waals surface area (Å²) in [5.41, 5.74) is 5.10. The van der Waals surface area contributed by atoms with Gasteiger partial charge >= 0.3 is 12.2 Å². The number of aromatic nitrogens is 4. The number of thioether (sulfide) groups is 1. The lowest BCUT2D eigenvalue weighted by Crippen LogP contribution is -2.50. The molecule has 4 aromatic rings. The Kier molecular flexibility index (Phi) is 12.1. The fraction of sp³-hybridized carbons (Fsp3) is 0.395. The summed E-state index contributed by atoms with van der Waals surface area (Å²) in [4.78, 5) is 68.2. The Balaban J connectivity index is 1.13. The Morgan fingerprint density at radius 3 is 2.09 bits per heavy atom. The average molecular weight is 790 g/mol.